The molecule has 0 saturated carbocycles. The molecule has 0 spiro atoms. The summed E-state index contributed by atoms with van der Waals surface area (Å²) in [6.07, 6.45) is 1.29. The number of hydrogen-bond donors (Lipinski definition) is 0. The van der Waals surface area contributed by atoms with E-state index in [1.807, 2.05) is 0 Å². The van der Waals surface area contributed by atoms with Gasteiger partial charge in [-0.2, -0.15) is 0 Å². The van der Waals surface area contributed by atoms with Crippen molar-refractivity contribution in [2.75, 3.05) is 20.6 Å². The molecule has 0 aromatic heterocycles. The van der Waals surface area contributed by atoms with Crippen molar-refractivity contribution < 1.29 is 4.43 Å². The van der Waals surface area contributed by atoms with Gasteiger partial charge >= 0.3 is 0 Å². The molecule has 0 aliphatic heterocycles. The first-order chi connectivity index (χ1) is 5.42. The van der Waals surface area contributed by atoms with Crippen molar-refractivity contribution >= 4 is 9.76 Å². The summed E-state index contributed by atoms with van der Waals surface area (Å²) >= 11 is 0. The first kappa shape index (κ1) is 12.1. The highest BCUT2D eigenvalue weighted by atomic mass is 28.2. The molecule has 0 radical (unpaired) electrons. The van der Waals surface area contributed by atoms with Gasteiger partial charge in [0.05, 0.1) is 0 Å². The van der Waals surface area contributed by atoms with Gasteiger partial charge in [-0.05, 0) is 53.9 Å². The third-order valence-corrected chi connectivity index (χ3v) is 3.39. The van der Waals surface area contributed by atoms with Crippen molar-refractivity contribution in [1.82, 2.24) is 4.90 Å². The SMILES string of the molecule is CN(C)CCC[SiH2]OC(C)(C)C. The highest BCUT2D eigenvalue weighted by Gasteiger charge is 2.08. The second-order valence-electron chi connectivity index (χ2n) is 4.47. The Balaban J connectivity index is 3.12. The number of rotatable bonds is 5. The van der Waals surface area contributed by atoms with Gasteiger partial charge in [0.25, 0.3) is 0 Å². The molecule has 0 heterocycles. The van der Waals surface area contributed by atoms with Gasteiger partial charge in [-0.25, -0.2) is 0 Å². The highest BCUT2D eigenvalue weighted by Crippen LogP contribution is 2.06. The summed E-state index contributed by atoms with van der Waals surface area (Å²) in [7, 11) is 3.97. The second-order valence-corrected chi connectivity index (χ2v) is 5.88. The quantitative estimate of drug-likeness (QED) is 0.477. The van der Waals surface area contributed by atoms with Crippen LogP contribution in [0.1, 0.15) is 27.2 Å². The molecule has 74 valence electrons. The van der Waals surface area contributed by atoms with Crippen molar-refractivity contribution in [3.8, 4) is 0 Å². The van der Waals surface area contributed by atoms with Gasteiger partial charge in [-0.1, -0.05) is 0 Å². The lowest BCUT2D eigenvalue weighted by Gasteiger charge is -2.20. The van der Waals surface area contributed by atoms with Crippen LogP contribution in [-0.4, -0.2) is 40.9 Å². The first-order valence-corrected chi connectivity index (χ1v) is 6.28. The molecule has 12 heavy (non-hydrogen) atoms. The Kier molecular flexibility index (Phi) is 5.79. The van der Waals surface area contributed by atoms with E-state index in [4.69, 9.17) is 4.43 Å². The van der Waals surface area contributed by atoms with Crippen LogP contribution in [0.25, 0.3) is 0 Å². The molecule has 0 aromatic carbocycles. The van der Waals surface area contributed by atoms with Crippen LogP contribution in [0, 0.1) is 0 Å². The first-order valence-electron chi connectivity index (χ1n) is 4.70. The Hall–Kier alpha value is 0.137. The minimum absolute atomic E-state index is 0.0876. The standard InChI is InChI=1S/C9H23NOSi/c1-9(2,3)11-12-8-6-7-10(4)5/h6-8,12H2,1-5H3. The van der Waals surface area contributed by atoms with Crippen LogP contribution in [0.5, 0.6) is 0 Å². The third-order valence-electron chi connectivity index (χ3n) is 1.53. The average Bonchev–Trinajstić information content (AvgIpc) is 1.83. The molecule has 0 saturated heterocycles. The zero-order chi connectivity index (χ0) is 9.61. The predicted octanol–water partition coefficient (Wildman–Crippen LogP) is 1.26. The predicted molar refractivity (Wildman–Crippen MR) is 57.4 cm³/mol. The van der Waals surface area contributed by atoms with Crippen molar-refractivity contribution in [2.45, 2.75) is 38.8 Å². The van der Waals surface area contributed by atoms with Gasteiger partial charge in [0.15, 0.2) is 9.76 Å². The summed E-state index contributed by atoms with van der Waals surface area (Å²) < 4.78 is 5.73. The van der Waals surface area contributed by atoms with E-state index < -0.39 is 0 Å². The summed E-state index contributed by atoms with van der Waals surface area (Å²) in [5, 5.41) is 0. The minimum atomic E-state index is -0.263. The van der Waals surface area contributed by atoms with E-state index in [0.29, 0.717) is 0 Å². The van der Waals surface area contributed by atoms with E-state index in [1.54, 1.807) is 0 Å². The molecule has 0 amide bonds. The molecular formula is C9H23NOSi. The van der Waals surface area contributed by atoms with E-state index in [-0.39, 0.29) is 15.4 Å². The Morgan fingerprint density at radius 1 is 1.25 bits per heavy atom. The van der Waals surface area contributed by atoms with Gasteiger partial charge < -0.3 is 9.33 Å². The lowest BCUT2D eigenvalue weighted by atomic mass is 10.2. The van der Waals surface area contributed by atoms with Gasteiger partial charge in [-0.15, -0.1) is 0 Å². The fourth-order valence-corrected chi connectivity index (χ4v) is 2.09. The van der Waals surface area contributed by atoms with Gasteiger partial charge in [-0.3, -0.25) is 0 Å². The summed E-state index contributed by atoms with van der Waals surface area (Å²) in [4.78, 5) is 2.23. The zero-order valence-corrected chi connectivity index (χ0v) is 10.6. The molecule has 0 bridgehead atoms. The van der Waals surface area contributed by atoms with E-state index >= 15 is 0 Å². The average molecular weight is 189 g/mol. The highest BCUT2D eigenvalue weighted by molar-refractivity contribution is 6.27. The Morgan fingerprint density at radius 2 is 1.83 bits per heavy atom. The molecule has 2 nitrogen and oxygen atoms in total. The van der Waals surface area contributed by atoms with E-state index in [2.05, 4.69) is 39.8 Å². The Morgan fingerprint density at radius 3 is 2.25 bits per heavy atom. The van der Waals surface area contributed by atoms with Gasteiger partial charge in [0, 0.05) is 5.60 Å². The van der Waals surface area contributed by atoms with Crippen LogP contribution in [0.3, 0.4) is 0 Å². The molecule has 0 aliphatic rings. The maximum atomic E-state index is 5.73. The molecule has 0 N–H and O–H groups in total. The minimum Gasteiger partial charge on any atom is -0.419 e. The summed E-state index contributed by atoms with van der Waals surface area (Å²) in [6, 6.07) is 1.30. The maximum absolute atomic E-state index is 5.73. The van der Waals surface area contributed by atoms with E-state index in [9.17, 15) is 0 Å². The lowest BCUT2D eigenvalue weighted by molar-refractivity contribution is 0.137. The van der Waals surface area contributed by atoms with Crippen molar-refractivity contribution in [1.29, 1.82) is 0 Å². The van der Waals surface area contributed by atoms with Gasteiger partial charge in [0.2, 0.25) is 0 Å². The van der Waals surface area contributed by atoms with Crippen LogP contribution in [0.2, 0.25) is 6.04 Å². The number of nitrogens with zero attached hydrogens (tertiary/aromatic N) is 1. The second kappa shape index (κ2) is 5.73. The van der Waals surface area contributed by atoms with E-state index in [1.165, 1.54) is 19.0 Å². The molecule has 0 aliphatic carbocycles. The molecule has 0 rings (SSSR count). The fraction of sp³-hybridized carbons (Fsp3) is 1.00. The lowest BCUT2D eigenvalue weighted by Crippen LogP contribution is -2.22. The van der Waals surface area contributed by atoms with Crippen molar-refractivity contribution in [3.05, 3.63) is 0 Å². The molecule has 0 fully saturated rings. The molecule has 0 aromatic rings. The topological polar surface area (TPSA) is 12.5 Å². The summed E-state index contributed by atoms with van der Waals surface area (Å²) in [5.74, 6) is 0. The van der Waals surface area contributed by atoms with E-state index in [0.717, 1.165) is 0 Å². The van der Waals surface area contributed by atoms with Crippen molar-refractivity contribution in [2.24, 2.45) is 0 Å². The monoisotopic (exact) mass is 189 g/mol. The van der Waals surface area contributed by atoms with Crippen LogP contribution >= 0.6 is 0 Å². The van der Waals surface area contributed by atoms with Crippen LogP contribution in [-0.2, 0) is 4.43 Å². The summed E-state index contributed by atoms with van der Waals surface area (Å²) in [5.41, 5.74) is 0.0876. The zero-order valence-electron chi connectivity index (χ0n) is 9.18. The van der Waals surface area contributed by atoms with Crippen molar-refractivity contribution in [3.63, 3.8) is 0 Å². The van der Waals surface area contributed by atoms with Crippen LogP contribution in [0.15, 0.2) is 0 Å². The Bertz CT molecular complexity index is 110. The Labute approximate surface area is 79.2 Å². The third kappa shape index (κ3) is 10.1. The maximum Gasteiger partial charge on any atom is 0.162 e. The van der Waals surface area contributed by atoms with Crippen LogP contribution in [0.4, 0.5) is 0 Å². The molecule has 0 unspecified atom stereocenters. The van der Waals surface area contributed by atoms with Gasteiger partial charge in [0.1, 0.15) is 0 Å². The molecular weight excluding hydrogens is 166 g/mol. The largest absolute Gasteiger partial charge is 0.419 e. The molecule has 3 heteroatoms. The normalized spacial score (nSPS) is 13.5. The smallest absolute Gasteiger partial charge is 0.162 e. The molecule has 0 atom stereocenters. The number of hydrogen-bond acceptors (Lipinski definition) is 2. The van der Waals surface area contributed by atoms with Crippen LogP contribution < -0.4 is 0 Å². The summed E-state index contributed by atoms with van der Waals surface area (Å²) in [6.45, 7) is 7.59. The fourth-order valence-electron chi connectivity index (χ4n) is 0.908.